The van der Waals surface area contributed by atoms with E-state index in [1.807, 2.05) is 13.8 Å². The molecule has 1 heterocycles. The summed E-state index contributed by atoms with van der Waals surface area (Å²) < 4.78 is 13.9. The first-order valence-electron chi connectivity index (χ1n) is 4.86. The number of hydrogen-bond acceptors (Lipinski definition) is 3. The van der Waals surface area contributed by atoms with Crippen molar-refractivity contribution in [2.75, 3.05) is 0 Å². The van der Waals surface area contributed by atoms with Crippen molar-refractivity contribution in [2.24, 2.45) is 5.73 Å². The molecule has 0 bridgehead atoms. The number of aromatic nitrogens is 1. The lowest BCUT2D eigenvalue weighted by atomic mass is 9.76. The van der Waals surface area contributed by atoms with Crippen molar-refractivity contribution in [3.63, 3.8) is 0 Å². The minimum absolute atomic E-state index is 0.0576. The number of rotatable bonds is 2. The highest BCUT2D eigenvalue weighted by molar-refractivity contribution is 7.11. The molecular weight excluding hydrogens is 199 g/mol. The van der Waals surface area contributed by atoms with Crippen LogP contribution in [0.2, 0.25) is 0 Å². The van der Waals surface area contributed by atoms with E-state index >= 15 is 0 Å². The number of aryl methyl sites for hydroxylation is 2. The quantitative estimate of drug-likeness (QED) is 0.819. The molecule has 1 aromatic heterocycles. The molecule has 0 unspecified atom stereocenters. The van der Waals surface area contributed by atoms with Gasteiger partial charge in [0.25, 0.3) is 0 Å². The van der Waals surface area contributed by atoms with Crippen LogP contribution in [0.4, 0.5) is 4.39 Å². The fraction of sp³-hybridized carbons (Fsp3) is 0.700. The van der Waals surface area contributed by atoms with Gasteiger partial charge in [-0.15, -0.1) is 11.3 Å². The third-order valence-corrected chi connectivity index (χ3v) is 3.87. The number of halogens is 1. The maximum Gasteiger partial charge on any atom is 0.120 e. The Balaban J connectivity index is 2.04. The molecule has 1 saturated carbocycles. The minimum atomic E-state index is -1.07. The van der Waals surface area contributed by atoms with Gasteiger partial charge in [0.1, 0.15) is 5.67 Å². The zero-order chi connectivity index (χ0) is 10.3. The Morgan fingerprint density at radius 3 is 2.64 bits per heavy atom. The number of alkyl halides is 1. The van der Waals surface area contributed by atoms with Crippen LogP contribution < -0.4 is 5.73 Å². The second-order valence-corrected chi connectivity index (χ2v) is 5.53. The summed E-state index contributed by atoms with van der Waals surface area (Å²) in [5, 5.41) is 0.911. The van der Waals surface area contributed by atoms with Gasteiger partial charge in [-0.3, -0.25) is 0 Å². The van der Waals surface area contributed by atoms with E-state index in [2.05, 4.69) is 4.98 Å². The molecule has 1 aliphatic rings. The number of thiazole rings is 1. The molecule has 1 aromatic rings. The molecule has 0 aliphatic heterocycles. The standard InChI is InChI=1S/C10H15FN2S/c1-6-7(2)14-9(13-6)5-10(11)3-8(12)4-10/h8H,3-5,12H2,1-2H3. The molecule has 2 nitrogen and oxygen atoms in total. The third kappa shape index (κ3) is 1.81. The second-order valence-electron chi connectivity index (χ2n) is 4.25. The first-order valence-corrected chi connectivity index (χ1v) is 5.67. The molecule has 0 radical (unpaired) electrons. The van der Waals surface area contributed by atoms with Crippen molar-refractivity contribution in [1.82, 2.24) is 4.98 Å². The Bertz CT molecular complexity index is 322. The summed E-state index contributed by atoms with van der Waals surface area (Å²) in [6.07, 6.45) is 1.43. The summed E-state index contributed by atoms with van der Waals surface area (Å²) >= 11 is 1.60. The molecule has 1 fully saturated rings. The Morgan fingerprint density at radius 1 is 1.57 bits per heavy atom. The predicted octanol–water partition coefficient (Wildman–Crippen LogP) is 2.13. The molecule has 0 spiro atoms. The van der Waals surface area contributed by atoms with Crippen LogP contribution in [-0.2, 0) is 6.42 Å². The highest BCUT2D eigenvalue weighted by atomic mass is 32.1. The van der Waals surface area contributed by atoms with Gasteiger partial charge in [0, 0.05) is 17.3 Å². The number of nitrogens with zero attached hydrogens (tertiary/aromatic N) is 1. The van der Waals surface area contributed by atoms with Gasteiger partial charge < -0.3 is 5.73 Å². The average molecular weight is 214 g/mol. The van der Waals surface area contributed by atoms with Gasteiger partial charge in [0.05, 0.1) is 10.7 Å². The van der Waals surface area contributed by atoms with Crippen molar-refractivity contribution in [3.05, 3.63) is 15.6 Å². The number of hydrogen-bond donors (Lipinski definition) is 1. The largest absolute Gasteiger partial charge is 0.327 e. The summed E-state index contributed by atoms with van der Waals surface area (Å²) in [5.41, 5.74) is 5.54. The molecule has 14 heavy (non-hydrogen) atoms. The van der Waals surface area contributed by atoms with Gasteiger partial charge in [-0.2, -0.15) is 0 Å². The van der Waals surface area contributed by atoms with E-state index in [-0.39, 0.29) is 6.04 Å². The smallest absolute Gasteiger partial charge is 0.120 e. The summed E-state index contributed by atoms with van der Waals surface area (Å²) in [4.78, 5) is 5.53. The second kappa shape index (κ2) is 3.28. The average Bonchev–Trinajstić information content (AvgIpc) is 2.27. The number of nitrogens with two attached hydrogens (primary N) is 1. The first kappa shape index (κ1) is 10.1. The van der Waals surface area contributed by atoms with Crippen molar-refractivity contribution in [3.8, 4) is 0 Å². The molecule has 0 amide bonds. The zero-order valence-corrected chi connectivity index (χ0v) is 9.33. The van der Waals surface area contributed by atoms with Crippen LogP contribution in [0.25, 0.3) is 0 Å². The monoisotopic (exact) mass is 214 g/mol. The van der Waals surface area contributed by atoms with E-state index in [0.717, 1.165) is 10.7 Å². The molecular formula is C10H15FN2S. The van der Waals surface area contributed by atoms with Crippen LogP contribution in [0.3, 0.4) is 0 Å². The lowest BCUT2D eigenvalue weighted by Gasteiger charge is -2.38. The molecule has 2 rings (SSSR count). The third-order valence-electron chi connectivity index (χ3n) is 2.80. The van der Waals surface area contributed by atoms with E-state index in [1.165, 1.54) is 4.88 Å². The molecule has 78 valence electrons. The summed E-state index contributed by atoms with van der Waals surface area (Å²) in [6, 6.07) is 0.0576. The van der Waals surface area contributed by atoms with Crippen molar-refractivity contribution >= 4 is 11.3 Å². The normalized spacial score (nSPS) is 31.6. The Kier molecular flexibility index (Phi) is 2.35. The maximum absolute atomic E-state index is 13.9. The highest BCUT2D eigenvalue weighted by Gasteiger charge is 2.43. The van der Waals surface area contributed by atoms with Gasteiger partial charge in [0.15, 0.2) is 0 Å². The molecule has 0 saturated heterocycles. The lowest BCUT2D eigenvalue weighted by molar-refractivity contribution is 0.0444. The molecule has 4 heteroatoms. The van der Waals surface area contributed by atoms with Crippen LogP contribution in [0.1, 0.15) is 28.4 Å². The summed E-state index contributed by atoms with van der Waals surface area (Å²) in [5.74, 6) is 0. The van der Waals surface area contributed by atoms with Gasteiger partial charge in [0.2, 0.25) is 0 Å². The topological polar surface area (TPSA) is 38.9 Å². The maximum atomic E-state index is 13.9. The molecule has 2 N–H and O–H groups in total. The van der Waals surface area contributed by atoms with Gasteiger partial charge in [-0.1, -0.05) is 0 Å². The molecule has 0 atom stereocenters. The molecule has 1 aliphatic carbocycles. The Labute approximate surface area is 87.3 Å². The van der Waals surface area contributed by atoms with Gasteiger partial charge in [-0.05, 0) is 26.7 Å². The van der Waals surface area contributed by atoms with Crippen molar-refractivity contribution < 1.29 is 4.39 Å². The van der Waals surface area contributed by atoms with Crippen LogP contribution in [0, 0.1) is 13.8 Å². The van der Waals surface area contributed by atoms with Crippen LogP contribution in [0.5, 0.6) is 0 Å². The van der Waals surface area contributed by atoms with Crippen LogP contribution in [0.15, 0.2) is 0 Å². The fourth-order valence-electron chi connectivity index (χ4n) is 1.91. The van der Waals surface area contributed by atoms with E-state index in [4.69, 9.17) is 5.73 Å². The predicted molar refractivity (Wildman–Crippen MR) is 56.3 cm³/mol. The lowest BCUT2D eigenvalue weighted by Crippen LogP contribution is -2.49. The summed E-state index contributed by atoms with van der Waals surface area (Å²) in [7, 11) is 0. The van der Waals surface area contributed by atoms with Crippen molar-refractivity contribution in [1.29, 1.82) is 0 Å². The van der Waals surface area contributed by atoms with Crippen LogP contribution in [-0.4, -0.2) is 16.7 Å². The van der Waals surface area contributed by atoms with Gasteiger partial charge in [-0.25, -0.2) is 9.37 Å². The Hall–Kier alpha value is -0.480. The fourth-order valence-corrected chi connectivity index (χ4v) is 2.97. The SMILES string of the molecule is Cc1nc(CC2(F)CC(N)C2)sc1C. The molecule has 0 aromatic carbocycles. The minimum Gasteiger partial charge on any atom is -0.327 e. The van der Waals surface area contributed by atoms with E-state index < -0.39 is 5.67 Å². The van der Waals surface area contributed by atoms with Crippen LogP contribution >= 0.6 is 11.3 Å². The Morgan fingerprint density at radius 2 is 2.21 bits per heavy atom. The van der Waals surface area contributed by atoms with E-state index in [9.17, 15) is 4.39 Å². The van der Waals surface area contributed by atoms with Crippen molar-refractivity contribution in [2.45, 2.75) is 44.8 Å². The highest BCUT2D eigenvalue weighted by Crippen LogP contribution is 2.38. The first-order chi connectivity index (χ1) is 6.48. The van der Waals surface area contributed by atoms with E-state index in [0.29, 0.717) is 19.3 Å². The summed E-state index contributed by atoms with van der Waals surface area (Å²) in [6.45, 7) is 3.99. The van der Waals surface area contributed by atoms with E-state index in [1.54, 1.807) is 11.3 Å². The van der Waals surface area contributed by atoms with Gasteiger partial charge >= 0.3 is 0 Å². The zero-order valence-electron chi connectivity index (χ0n) is 8.51.